The number of rotatable bonds is 4. The number of anilines is 1. The SMILES string of the molecule is CC(C)c1cc(Cc2c(Cl)cc(N3C(=O)c4ccccc4C3=O)cc2Cl)nn(C)c1=O. The Balaban J connectivity index is 1.71. The third kappa shape index (κ3) is 3.66. The fraction of sp³-hybridized carbons (Fsp3) is 0.217. The topological polar surface area (TPSA) is 72.3 Å². The van der Waals surface area contributed by atoms with Crippen LogP contribution in [-0.2, 0) is 13.5 Å². The summed E-state index contributed by atoms with van der Waals surface area (Å²) in [7, 11) is 1.60. The third-order valence-electron chi connectivity index (χ3n) is 5.30. The normalized spacial score (nSPS) is 13.3. The third-order valence-corrected chi connectivity index (χ3v) is 5.97. The number of nitrogens with zero attached hydrogens (tertiary/aromatic N) is 3. The van der Waals surface area contributed by atoms with Gasteiger partial charge in [-0.1, -0.05) is 49.2 Å². The molecule has 4 rings (SSSR count). The molecule has 0 saturated heterocycles. The van der Waals surface area contributed by atoms with Crippen LogP contribution >= 0.6 is 23.2 Å². The highest BCUT2D eigenvalue weighted by Gasteiger charge is 2.36. The Hall–Kier alpha value is -2.96. The molecule has 0 saturated carbocycles. The van der Waals surface area contributed by atoms with E-state index >= 15 is 0 Å². The largest absolute Gasteiger partial charge is 0.269 e. The number of carbonyl (C=O) groups excluding carboxylic acids is 2. The molecule has 3 aromatic rings. The van der Waals surface area contributed by atoms with Gasteiger partial charge in [0.1, 0.15) is 0 Å². The van der Waals surface area contributed by atoms with Gasteiger partial charge < -0.3 is 0 Å². The summed E-state index contributed by atoms with van der Waals surface area (Å²) in [6, 6.07) is 11.5. The van der Waals surface area contributed by atoms with Crippen LogP contribution in [0.2, 0.25) is 10.0 Å². The summed E-state index contributed by atoms with van der Waals surface area (Å²) in [4.78, 5) is 38.9. The minimum atomic E-state index is -0.415. The molecule has 1 aliphatic heterocycles. The van der Waals surface area contributed by atoms with Crippen LogP contribution in [0, 0.1) is 0 Å². The molecule has 31 heavy (non-hydrogen) atoms. The van der Waals surface area contributed by atoms with Crippen molar-refractivity contribution in [3.05, 3.63) is 90.8 Å². The van der Waals surface area contributed by atoms with Crippen molar-refractivity contribution < 1.29 is 9.59 Å². The van der Waals surface area contributed by atoms with E-state index < -0.39 is 11.8 Å². The molecule has 0 fully saturated rings. The van der Waals surface area contributed by atoms with Crippen molar-refractivity contribution in [2.24, 2.45) is 7.05 Å². The number of aryl methyl sites for hydroxylation is 1. The molecule has 0 bridgehead atoms. The second-order valence-electron chi connectivity index (χ2n) is 7.73. The van der Waals surface area contributed by atoms with E-state index in [4.69, 9.17) is 23.2 Å². The molecule has 1 aromatic heterocycles. The van der Waals surface area contributed by atoms with Crippen molar-refractivity contribution in [1.29, 1.82) is 0 Å². The molecule has 0 spiro atoms. The average molecular weight is 456 g/mol. The Bertz CT molecular complexity index is 1240. The first-order valence-corrected chi connectivity index (χ1v) is 10.5. The highest BCUT2D eigenvalue weighted by Crippen LogP contribution is 2.36. The molecule has 2 amide bonds. The Kier molecular flexibility index (Phi) is 5.45. The summed E-state index contributed by atoms with van der Waals surface area (Å²) in [5, 5.41) is 4.93. The van der Waals surface area contributed by atoms with Crippen LogP contribution in [0.3, 0.4) is 0 Å². The van der Waals surface area contributed by atoms with Crippen molar-refractivity contribution in [2.45, 2.75) is 26.2 Å². The smallest absolute Gasteiger partial charge is 0.268 e. The lowest BCUT2D eigenvalue weighted by Gasteiger charge is -2.17. The maximum absolute atomic E-state index is 12.8. The summed E-state index contributed by atoms with van der Waals surface area (Å²) in [5.41, 5.74) is 2.76. The van der Waals surface area contributed by atoms with Gasteiger partial charge in [-0.2, -0.15) is 5.10 Å². The fourth-order valence-electron chi connectivity index (χ4n) is 3.69. The molecule has 2 aromatic carbocycles. The number of fused-ring (bicyclic) bond motifs is 1. The first kappa shape index (κ1) is 21.3. The van der Waals surface area contributed by atoms with Gasteiger partial charge >= 0.3 is 0 Å². The van der Waals surface area contributed by atoms with Gasteiger partial charge in [0.25, 0.3) is 17.4 Å². The van der Waals surface area contributed by atoms with Crippen LogP contribution < -0.4 is 10.5 Å². The summed E-state index contributed by atoms with van der Waals surface area (Å²) >= 11 is 13.0. The highest BCUT2D eigenvalue weighted by molar-refractivity contribution is 6.38. The van der Waals surface area contributed by atoms with Crippen molar-refractivity contribution in [1.82, 2.24) is 9.78 Å². The minimum Gasteiger partial charge on any atom is -0.268 e. The lowest BCUT2D eigenvalue weighted by molar-refractivity contribution is 0.0926. The molecule has 6 nitrogen and oxygen atoms in total. The molecular formula is C23H19Cl2N3O3. The van der Waals surface area contributed by atoms with Gasteiger partial charge in [0.15, 0.2) is 0 Å². The summed E-state index contributed by atoms with van der Waals surface area (Å²) in [5.74, 6) is -0.786. The zero-order valence-corrected chi connectivity index (χ0v) is 18.7. The molecule has 0 radical (unpaired) electrons. The maximum Gasteiger partial charge on any atom is 0.269 e. The number of amides is 2. The molecule has 158 valence electrons. The first-order chi connectivity index (χ1) is 14.7. The average Bonchev–Trinajstić information content (AvgIpc) is 2.97. The number of aromatic nitrogens is 2. The van der Waals surface area contributed by atoms with Crippen LogP contribution in [0.1, 0.15) is 57.3 Å². The van der Waals surface area contributed by atoms with E-state index in [0.717, 1.165) is 4.90 Å². The summed E-state index contributed by atoms with van der Waals surface area (Å²) in [6.45, 7) is 3.88. The Morgan fingerprint density at radius 1 is 0.935 bits per heavy atom. The number of hydrogen-bond donors (Lipinski definition) is 0. The second-order valence-corrected chi connectivity index (χ2v) is 8.54. The number of hydrogen-bond acceptors (Lipinski definition) is 4. The quantitative estimate of drug-likeness (QED) is 0.538. The van der Waals surface area contributed by atoms with Crippen LogP contribution in [0.5, 0.6) is 0 Å². The highest BCUT2D eigenvalue weighted by atomic mass is 35.5. The Labute approximate surface area is 189 Å². The van der Waals surface area contributed by atoms with E-state index in [1.165, 1.54) is 4.68 Å². The van der Waals surface area contributed by atoms with Crippen molar-refractivity contribution in [3.63, 3.8) is 0 Å². The number of carbonyl (C=O) groups is 2. The van der Waals surface area contributed by atoms with Crippen LogP contribution in [-0.4, -0.2) is 21.6 Å². The van der Waals surface area contributed by atoms with E-state index in [2.05, 4.69) is 5.10 Å². The van der Waals surface area contributed by atoms with Crippen LogP contribution in [0.25, 0.3) is 0 Å². The van der Waals surface area contributed by atoms with E-state index in [0.29, 0.717) is 50.1 Å². The van der Waals surface area contributed by atoms with E-state index in [1.807, 2.05) is 13.8 Å². The van der Waals surface area contributed by atoms with Gasteiger partial charge in [-0.05, 0) is 41.8 Å². The second kappa shape index (κ2) is 7.94. The molecule has 8 heteroatoms. The predicted octanol–water partition coefficient (Wildman–Crippen LogP) is 4.60. The van der Waals surface area contributed by atoms with Gasteiger partial charge in [-0.25, -0.2) is 9.58 Å². The monoisotopic (exact) mass is 455 g/mol. The molecule has 0 atom stereocenters. The molecule has 1 aliphatic rings. The van der Waals surface area contributed by atoms with Gasteiger partial charge in [0.05, 0.1) is 22.5 Å². The van der Waals surface area contributed by atoms with Crippen LogP contribution in [0.4, 0.5) is 5.69 Å². The Morgan fingerprint density at radius 3 is 2.00 bits per heavy atom. The van der Waals surface area contributed by atoms with Crippen molar-refractivity contribution in [2.75, 3.05) is 4.90 Å². The molecule has 0 aliphatic carbocycles. The predicted molar refractivity (Wildman–Crippen MR) is 120 cm³/mol. The van der Waals surface area contributed by atoms with Crippen molar-refractivity contribution in [3.8, 4) is 0 Å². The van der Waals surface area contributed by atoms with E-state index in [1.54, 1.807) is 49.5 Å². The van der Waals surface area contributed by atoms with Gasteiger partial charge in [-0.3, -0.25) is 14.4 Å². The zero-order valence-electron chi connectivity index (χ0n) is 17.1. The summed E-state index contributed by atoms with van der Waals surface area (Å²) < 4.78 is 1.31. The standard InChI is InChI=1S/C23H19Cl2N3O3/c1-12(2)17-8-13(26-27(3)21(17)29)9-18-19(24)10-14(11-20(18)25)28-22(30)15-6-4-5-7-16(15)23(28)31/h4-8,10-12H,9H2,1-3H3. The lowest BCUT2D eigenvalue weighted by Crippen LogP contribution is -2.29. The van der Waals surface area contributed by atoms with Crippen LogP contribution in [0.15, 0.2) is 47.3 Å². The number of benzene rings is 2. The number of halogens is 2. The van der Waals surface area contributed by atoms with Gasteiger partial charge in [0, 0.05) is 29.1 Å². The lowest BCUT2D eigenvalue weighted by atomic mass is 10.0. The van der Waals surface area contributed by atoms with Gasteiger partial charge in [-0.15, -0.1) is 0 Å². The first-order valence-electron chi connectivity index (χ1n) is 9.72. The Morgan fingerprint density at radius 2 is 1.48 bits per heavy atom. The van der Waals surface area contributed by atoms with Crippen molar-refractivity contribution >= 4 is 40.7 Å². The molecule has 0 unspecified atom stereocenters. The zero-order chi connectivity index (χ0) is 22.4. The molecule has 2 heterocycles. The van der Waals surface area contributed by atoms with E-state index in [-0.39, 0.29) is 11.5 Å². The number of imide groups is 1. The van der Waals surface area contributed by atoms with Gasteiger partial charge in [0.2, 0.25) is 0 Å². The van der Waals surface area contributed by atoms with E-state index in [9.17, 15) is 14.4 Å². The molecular weight excluding hydrogens is 437 g/mol. The summed E-state index contributed by atoms with van der Waals surface area (Å²) in [6.07, 6.45) is 0.300. The fourth-order valence-corrected chi connectivity index (χ4v) is 4.30. The minimum absolute atomic E-state index is 0.0441. The molecule has 0 N–H and O–H groups in total. The maximum atomic E-state index is 12.8.